The second-order valence-corrected chi connectivity index (χ2v) is 6.00. The lowest BCUT2D eigenvalue weighted by molar-refractivity contribution is -0.138. The fourth-order valence-corrected chi connectivity index (χ4v) is 3.36. The van der Waals surface area contributed by atoms with E-state index in [1.54, 1.807) is 43.3 Å². The summed E-state index contributed by atoms with van der Waals surface area (Å²) >= 11 is -1.35. The lowest BCUT2D eigenvalue weighted by Gasteiger charge is -2.22. The first-order valence-corrected chi connectivity index (χ1v) is 7.28. The van der Waals surface area contributed by atoms with E-state index in [0.717, 1.165) is 0 Å². The Morgan fingerprint density at radius 3 is 2.65 bits per heavy atom. The van der Waals surface area contributed by atoms with Gasteiger partial charge in [-0.05, 0) is 30.7 Å². The Hall–Kier alpha value is -1.98. The van der Waals surface area contributed by atoms with Gasteiger partial charge in [0.15, 0.2) is 11.5 Å². The van der Waals surface area contributed by atoms with E-state index in [2.05, 4.69) is 0 Å². The fourth-order valence-electron chi connectivity index (χ4n) is 2.09. The summed E-state index contributed by atoms with van der Waals surface area (Å²) in [5.41, 5.74) is 0.618. The van der Waals surface area contributed by atoms with Crippen molar-refractivity contribution in [3.8, 4) is 11.5 Å². The topological polar surface area (TPSA) is 69.6 Å². The highest BCUT2D eigenvalue weighted by Gasteiger charge is 2.31. The minimum atomic E-state index is -1.35. The monoisotopic (exact) mass is 288 g/mol. The first-order valence-electron chi connectivity index (χ1n) is 6.13. The molecule has 1 aliphatic heterocycles. The first-order chi connectivity index (χ1) is 9.58. The number of hydrogen-bond donors (Lipinski definition) is 1. The van der Waals surface area contributed by atoms with E-state index in [9.17, 15) is 9.35 Å². The standard InChI is InChI=1S/C15H12O4S/c1-9(15(16)17)10-6-7-12-14(8-10)20(18)13-5-3-2-4-11(13)19-12/h2-9H,1H3,(H,16,17). The van der Waals surface area contributed by atoms with Crippen LogP contribution in [0.1, 0.15) is 18.4 Å². The molecule has 0 fully saturated rings. The van der Waals surface area contributed by atoms with Crippen molar-refractivity contribution in [1.82, 2.24) is 0 Å². The van der Waals surface area contributed by atoms with E-state index in [0.29, 0.717) is 26.9 Å². The van der Waals surface area contributed by atoms with Crippen LogP contribution in [0.15, 0.2) is 52.3 Å². The van der Waals surface area contributed by atoms with Gasteiger partial charge in [0.25, 0.3) is 0 Å². The van der Waals surface area contributed by atoms with Crippen LogP contribution in [-0.2, 0) is 16.0 Å². The molecule has 4 nitrogen and oxygen atoms in total. The predicted molar refractivity (Wildman–Crippen MR) is 73.7 cm³/mol. The van der Waals surface area contributed by atoms with Gasteiger partial charge in [0.05, 0.1) is 5.92 Å². The Labute approximate surface area is 119 Å². The highest BCUT2D eigenvalue weighted by Crippen LogP contribution is 2.43. The number of aliphatic carboxylic acids is 1. The van der Waals surface area contributed by atoms with Crippen LogP contribution in [0.4, 0.5) is 0 Å². The first kappa shape index (κ1) is 13.0. The van der Waals surface area contributed by atoms with Crippen molar-refractivity contribution < 1.29 is 19.2 Å². The SMILES string of the molecule is CC(C(=O)O)c1ccc2c(c1)[S+]([O-])c1ccccc1O2. The Morgan fingerprint density at radius 1 is 1.20 bits per heavy atom. The van der Waals surface area contributed by atoms with Gasteiger partial charge in [-0.3, -0.25) is 4.79 Å². The third kappa shape index (κ3) is 2.05. The van der Waals surface area contributed by atoms with Gasteiger partial charge < -0.3 is 14.4 Å². The van der Waals surface area contributed by atoms with Crippen LogP contribution in [0.2, 0.25) is 0 Å². The van der Waals surface area contributed by atoms with Gasteiger partial charge in [0, 0.05) is 17.2 Å². The highest BCUT2D eigenvalue weighted by atomic mass is 32.2. The van der Waals surface area contributed by atoms with Crippen LogP contribution in [0.25, 0.3) is 0 Å². The largest absolute Gasteiger partial charge is 0.606 e. The van der Waals surface area contributed by atoms with Crippen LogP contribution in [0.3, 0.4) is 0 Å². The molecule has 0 radical (unpaired) electrons. The van der Waals surface area contributed by atoms with Gasteiger partial charge in [0.1, 0.15) is 0 Å². The maximum absolute atomic E-state index is 12.5. The molecule has 2 atom stereocenters. The lowest BCUT2D eigenvalue weighted by atomic mass is 10.0. The molecule has 1 N–H and O–H groups in total. The summed E-state index contributed by atoms with van der Waals surface area (Å²) in [4.78, 5) is 12.2. The number of fused-ring (bicyclic) bond motifs is 2. The quantitative estimate of drug-likeness (QED) is 0.862. The zero-order chi connectivity index (χ0) is 14.3. The average molecular weight is 288 g/mol. The number of ether oxygens (including phenoxy) is 1. The number of rotatable bonds is 2. The average Bonchev–Trinajstić information content (AvgIpc) is 2.46. The molecule has 1 aliphatic rings. The second-order valence-electron chi connectivity index (χ2n) is 4.58. The van der Waals surface area contributed by atoms with E-state index in [1.807, 2.05) is 6.07 Å². The van der Waals surface area contributed by atoms with E-state index in [-0.39, 0.29) is 0 Å². The van der Waals surface area contributed by atoms with E-state index in [4.69, 9.17) is 9.84 Å². The normalized spacial score (nSPS) is 17.6. The molecule has 102 valence electrons. The maximum atomic E-state index is 12.5. The molecule has 5 heteroatoms. The minimum absolute atomic E-state index is 0.517. The summed E-state index contributed by atoms with van der Waals surface area (Å²) in [6.45, 7) is 1.60. The maximum Gasteiger partial charge on any atom is 0.310 e. The number of hydrogen-bond acceptors (Lipinski definition) is 3. The van der Waals surface area contributed by atoms with Crippen molar-refractivity contribution in [1.29, 1.82) is 0 Å². The molecule has 0 aliphatic carbocycles. The molecular weight excluding hydrogens is 276 g/mol. The molecule has 2 aromatic carbocycles. The van der Waals surface area contributed by atoms with Crippen LogP contribution >= 0.6 is 0 Å². The Kier molecular flexibility index (Phi) is 3.16. The van der Waals surface area contributed by atoms with Crippen molar-refractivity contribution >= 4 is 17.1 Å². The third-order valence-corrected chi connectivity index (χ3v) is 4.76. The van der Waals surface area contributed by atoms with Crippen molar-refractivity contribution in [2.45, 2.75) is 22.6 Å². The molecule has 0 saturated carbocycles. The van der Waals surface area contributed by atoms with Gasteiger partial charge >= 0.3 is 5.97 Å². The zero-order valence-electron chi connectivity index (χ0n) is 10.7. The molecular formula is C15H12O4S. The molecule has 0 saturated heterocycles. The summed E-state index contributed by atoms with van der Waals surface area (Å²) in [5.74, 6) is -0.455. The van der Waals surface area contributed by atoms with Crippen molar-refractivity contribution in [3.63, 3.8) is 0 Å². The molecule has 2 unspecified atom stereocenters. The molecule has 0 bridgehead atoms. The van der Waals surface area contributed by atoms with Crippen LogP contribution in [0.5, 0.6) is 11.5 Å². The smallest absolute Gasteiger partial charge is 0.310 e. The number of carboxylic acid groups (broad SMARTS) is 1. The summed E-state index contributed by atoms with van der Waals surface area (Å²) in [5, 5.41) is 9.06. The molecule has 2 aromatic rings. The number of benzene rings is 2. The van der Waals surface area contributed by atoms with Crippen molar-refractivity contribution in [2.24, 2.45) is 0 Å². The summed E-state index contributed by atoms with van der Waals surface area (Å²) in [7, 11) is 0. The molecule has 0 spiro atoms. The molecule has 0 amide bonds. The van der Waals surface area contributed by atoms with Crippen LogP contribution in [0, 0.1) is 0 Å². The Bertz CT molecular complexity index is 683. The summed E-state index contributed by atoms with van der Waals surface area (Å²) < 4.78 is 18.2. The molecule has 20 heavy (non-hydrogen) atoms. The van der Waals surface area contributed by atoms with E-state index < -0.39 is 23.1 Å². The second kappa shape index (κ2) is 4.85. The zero-order valence-corrected chi connectivity index (χ0v) is 11.5. The van der Waals surface area contributed by atoms with Gasteiger partial charge in [-0.2, -0.15) is 0 Å². The van der Waals surface area contributed by atoms with Crippen LogP contribution < -0.4 is 4.74 Å². The number of para-hydroxylation sites is 1. The minimum Gasteiger partial charge on any atom is -0.606 e. The van der Waals surface area contributed by atoms with Gasteiger partial charge in [-0.15, -0.1) is 0 Å². The summed E-state index contributed by atoms with van der Waals surface area (Å²) in [6.07, 6.45) is 0. The molecule has 3 rings (SSSR count). The predicted octanol–water partition coefficient (Wildman–Crippen LogP) is 3.15. The Morgan fingerprint density at radius 2 is 1.90 bits per heavy atom. The molecule has 1 heterocycles. The van der Waals surface area contributed by atoms with Gasteiger partial charge in [-0.25, -0.2) is 0 Å². The molecule has 0 aromatic heterocycles. The van der Waals surface area contributed by atoms with Crippen molar-refractivity contribution in [3.05, 3.63) is 48.0 Å². The van der Waals surface area contributed by atoms with Crippen molar-refractivity contribution in [2.75, 3.05) is 0 Å². The Balaban J connectivity index is 2.06. The fraction of sp³-hybridized carbons (Fsp3) is 0.133. The van der Waals surface area contributed by atoms with E-state index >= 15 is 0 Å². The number of carbonyl (C=O) groups is 1. The lowest BCUT2D eigenvalue weighted by Crippen LogP contribution is -2.13. The van der Waals surface area contributed by atoms with Crippen LogP contribution in [-0.4, -0.2) is 15.6 Å². The van der Waals surface area contributed by atoms with Gasteiger partial charge in [0.2, 0.25) is 9.79 Å². The van der Waals surface area contributed by atoms with E-state index in [1.165, 1.54) is 0 Å². The van der Waals surface area contributed by atoms with Gasteiger partial charge in [-0.1, -0.05) is 18.2 Å². The highest BCUT2D eigenvalue weighted by molar-refractivity contribution is 7.91. The summed E-state index contributed by atoms with van der Waals surface area (Å²) in [6, 6.07) is 12.2. The third-order valence-electron chi connectivity index (χ3n) is 3.31. The number of carboxylic acids is 1.